The molecular formula is C20H26O4. The monoisotopic (exact) mass is 330 g/mol. The smallest absolute Gasteiger partial charge is 0.303 e. The summed E-state index contributed by atoms with van der Waals surface area (Å²) in [4.78, 5) is 22.3. The number of carbonyl (C=O) groups is 2. The third kappa shape index (κ3) is 7.94. The first kappa shape index (κ1) is 19.9. The van der Waals surface area contributed by atoms with E-state index in [0.29, 0.717) is 25.7 Å². The maximum Gasteiger partial charge on any atom is 0.303 e. The van der Waals surface area contributed by atoms with Gasteiger partial charge in [0.2, 0.25) is 0 Å². The summed E-state index contributed by atoms with van der Waals surface area (Å²) in [6.45, 7) is 1.96. The van der Waals surface area contributed by atoms with Crippen molar-refractivity contribution in [3.05, 3.63) is 36.0 Å². The molecule has 0 aromatic carbocycles. The number of ketones is 1. The van der Waals surface area contributed by atoms with Gasteiger partial charge in [-0.1, -0.05) is 31.2 Å². The minimum atomic E-state index is -0.778. The van der Waals surface area contributed by atoms with Crippen molar-refractivity contribution in [2.45, 2.75) is 58.0 Å². The first-order valence-corrected chi connectivity index (χ1v) is 8.47. The lowest BCUT2D eigenvalue weighted by molar-refractivity contribution is -0.137. The summed E-state index contributed by atoms with van der Waals surface area (Å²) in [6, 6.07) is 0. The van der Waals surface area contributed by atoms with Gasteiger partial charge in [-0.2, -0.15) is 0 Å². The molecule has 0 saturated heterocycles. The fourth-order valence-corrected chi connectivity index (χ4v) is 2.44. The number of aliphatic carboxylic acids is 1. The molecule has 1 aliphatic rings. The maximum absolute atomic E-state index is 11.9. The molecule has 0 amide bonds. The average molecular weight is 330 g/mol. The van der Waals surface area contributed by atoms with Crippen molar-refractivity contribution < 1.29 is 19.8 Å². The Morgan fingerprint density at radius 3 is 2.88 bits per heavy atom. The summed E-state index contributed by atoms with van der Waals surface area (Å²) in [7, 11) is 0. The second-order valence-corrected chi connectivity index (χ2v) is 5.78. The summed E-state index contributed by atoms with van der Waals surface area (Å²) < 4.78 is 0. The van der Waals surface area contributed by atoms with E-state index in [2.05, 4.69) is 11.8 Å². The number of allylic oxidation sites excluding steroid dienone is 5. The second kappa shape index (κ2) is 11.4. The van der Waals surface area contributed by atoms with Gasteiger partial charge in [0.1, 0.15) is 0 Å². The predicted octanol–water partition coefficient (Wildman–Crippen LogP) is 3.42. The molecule has 1 rings (SSSR count). The standard InChI is InChI=1S/C20H26O4/c1-2-3-6-10-17(21)13-14-18-16(12-15-19(18)22)9-7-4-5-8-11-20(23)24/h4,7,12,14-17,21H,2,5,8-11,13H2,1H3,(H,23,24)/b7-4-,18-14+. The molecule has 0 radical (unpaired) electrons. The molecule has 130 valence electrons. The fraction of sp³-hybridized carbons (Fsp3) is 0.500. The Morgan fingerprint density at radius 2 is 2.17 bits per heavy atom. The van der Waals surface area contributed by atoms with Crippen LogP contribution in [0.15, 0.2) is 36.0 Å². The first-order chi connectivity index (χ1) is 11.5. The van der Waals surface area contributed by atoms with E-state index >= 15 is 0 Å². The summed E-state index contributed by atoms with van der Waals surface area (Å²) in [6.07, 6.45) is 12.6. The molecule has 4 nitrogen and oxygen atoms in total. The van der Waals surface area contributed by atoms with Crippen LogP contribution < -0.4 is 0 Å². The third-order valence-corrected chi connectivity index (χ3v) is 3.73. The highest BCUT2D eigenvalue weighted by Gasteiger charge is 2.21. The van der Waals surface area contributed by atoms with Gasteiger partial charge in [-0.15, -0.1) is 11.8 Å². The van der Waals surface area contributed by atoms with E-state index in [1.54, 1.807) is 6.08 Å². The molecular weight excluding hydrogens is 304 g/mol. The Balaban J connectivity index is 2.44. The van der Waals surface area contributed by atoms with Crippen molar-refractivity contribution in [2.75, 3.05) is 0 Å². The number of aliphatic hydroxyl groups is 1. The number of rotatable bonds is 9. The molecule has 0 spiro atoms. The lowest BCUT2D eigenvalue weighted by Crippen LogP contribution is -2.07. The van der Waals surface area contributed by atoms with E-state index in [0.717, 1.165) is 18.4 Å². The van der Waals surface area contributed by atoms with Crippen LogP contribution in [-0.2, 0) is 9.59 Å². The quantitative estimate of drug-likeness (QED) is 0.294. The molecule has 0 aliphatic heterocycles. The molecule has 4 heteroatoms. The Labute approximate surface area is 144 Å². The zero-order valence-corrected chi connectivity index (χ0v) is 14.2. The highest BCUT2D eigenvalue weighted by atomic mass is 16.4. The minimum absolute atomic E-state index is 0.00567. The second-order valence-electron chi connectivity index (χ2n) is 5.78. The number of unbranched alkanes of at least 4 members (excludes halogenated alkanes) is 1. The van der Waals surface area contributed by atoms with E-state index < -0.39 is 12.1 Å². The Bertz CT molecular complexity index is 572. The van der Waals surface area contributed by atoms with Crippen molar-refractivity contribution in [3.8, 4) is 11.8 Å². The zero-order valence-electron chi connectivity index (χ0n) is 14.2. The Morgan fingerprint density at radius 1 is 1.38 bits per heavy atom. The maximum atomic E-state index is 11.9. The lowest BCUT2D eigenvalue weighted by Gasteiger charge is -2.09. The van der Waals surface area contributed by atoms with E-state index in [4.69, 9.17) is 5.11 Å². The molecule has 0 saturated carbocycles. The van der Waals surface area contributed by atoms with Gasteiger partial charge in [-0.05, 0) is 31.8 Å². The molecule has 1 aliphatic carbocycles. The molecule has 0 fully saturated rings. The molecule has 2 atom stereocenters. The van der Waals surface area contributed by atoms with Crippen LogP contribution in [0.3, 0.4) is 0 Å². The number of hydrogen-bond acceptors (Lipinski definition) is 3. The number of carboxylic acid groups (broad SMARTS) is 1. The predicted molar refractivity (Wildman–Crippen MR) is 94.3 cm³/mol. The van der Waals surface area contributed by atoms with Gasteiger partial charge in [-0.3, -0.25) is 9.59 Å². The highest BCUT2D eigenvalue weighted by Crippen LogP contribution is 2.26. The van der Waals surface area contributed by atoms with Crippen LogP contribution in [-0.4, -0.2) is 28.1 Å². The number of hydrogen-bond donors (Lipinski definition) is 2. The molecule has 2 unspecified atom stereocenters. The van der Waals surface area contributed by atoms with Gasteiger partial charge in [0.05, 0.1) is 6.10 Å². The zero-order chi connectivity index (χ0) is 17.8. The van der Waals surface area contributed by atoms with Crippen LogP contribution in [0.4, 0.5) is 0 Å². The largest absolute Gasteiger partial charge is 0.481 e. The van der Waals surface area contributed by atoms with Crippen molar-refractivity contribution in [2.24, 2.45) is 5.92 Å². The van der Waals surface area contributed by atoms with Gasteiger partial charge < -0.3 is 10.2 Å². The summed E-state index contributed by atoms with van der Waals surface area (Å²) in [5.74, 6) is 5.10. The number of carboxylic acids is 1. The molecule has 0 bridgehead atoms. The number of aliphatic hydroxyl groups excluding tert-OH is 1. The van der Waals surface area contributed by atoms with E-state index in [1.807, 2.05) is 31.2 Å². The van der Waals surface area contributed by atoms with Gasteiger partial charge in [0, 0.05) is 30.8 Å². The number of carbonyl (C=O) groups excluding carboxylic acids is 1. The third-order valence-electron chi connectivity index (χ3n) is 3.73. The van der Waals surface area contributed by atoms with Crippen LogP contribution in [0.5, 0.6) is 0 Å². The van der Waals surface area contributed by atoms with E-state index in [9.17, 15) is 14.7 Å². The van der Waals surface area contributed by atoms with Crippen LogP contribution >= 0.6 is 0 Å². The molecule has 24 heavy (non-hydrogen) atoms. The summed E-state index contributed by atoms with van der Waals surface area (Å²) in [5.41, 5.74) is 0.729. The normalized spacial score (nSPS) is 19.7. The van der Waals surface area contributed by atoms with Gasteiger partial charge >= 0.3 is 5.97 Å². The summed E-state index contributed by atoms with van der Waals surface area (Å²) in [5, 5.41) is 18.5. The molecule has 0 heterocycles. The Kier molecular flexibility index (Phi) is 9.48. The average Bonchev–Trinajstić information content (AvgIpc) is 2.89. The Hall–Kier alpha value is -2.12. The highest BCUT2D eigenvalue weighted by molar-refractivity contribution is 6.07. The van der Waals surface area contributed by atoms with Crippen molar-refractivity contribution in [1.82, 2.24) is 0 Å². The molecule has 0 aromatic rings. The fourth-order valence-electron chi connectivity index (χ4n) is 2.44. The lowest BCUT2D eigenvalue weighted by atomic mass is 9.96. The van der Waals surface area contributed by atoms with Crippen LogP contribution in [0.1, 0.15) is 51.9 Å². The van der Waals surface area contributed by atoms with Crippen LogP contribution in [0.2, 0.25) is 0 Å². The van der Waals surface area contributed by atoms with E-state index in [1.165, 1.54) is 0 Å². The van der Waals surface area contributed by atoms with Gasteiger partial charge in [0.25, 0.3) is 0 Å². The summed E-state index contributed by atoms with van der Waals surface area (Å²) >= 11 is 0. The van der Waals surface area contributed by atoms with E-state index in [-0.39, 0.29) is 18.1 Å². The van der Waals surface area contributed by atoms with Crippen molar-refractivity contribution in [1.29, 1.82) is 0 Å². The van der Waals surface area contributed by atoms with Crippen molar-refractivity contribution in [3.63, 3.8) is 0 Å². The SMILES string of the molecule is CCC#CCC(O)C/C=C1/C(=O)C=CC1C/C=C\CCCC(=O)O. The topological polar surface area (TPSA) is 74.6 Å². The first-order valence-electron chi connectivity index (χ1n) is 8.47. The molecule has 2 N–H and O–H groups in total. The van der Waals surface area contributed by atoms with Gasteiger partial charge in [0.15, 0.2) is 5.78 Å². The van der Waals surface area contributed by atoms with Crippen LogP contribution in [0, 0.1) is 17.8 Å². The van der Waals surface area contributed by atoms with Crippen molar-refractivity contribution >= 4 is 11.8 Å². The van der Waals surface area contributed by atoms with Crippen LogP contribution in [0.25, 0.3) is 0 Å². The minimum Gasteiger partial charge on any atom is -0.481 e. The van der Waals surface area contributed by atoms with Gasteiger partial charge in [-0.25, -0.2) is 0 Å². The molecule has 0 aromatic heterocycles.